The van der Waals surface area contributed by atoms with Crippen molar-refractivity contribution in [2.24, 2.45) is 0 Å². The number of halogens is 1. The van der Waals surface area contributed by atoms with Gasteiger partial charge in [-0.1, -0.05) is 6.07 Å². The molecule has 1 fully saturated rings. The number of anilines is 2. The molecule has 2 N–H and O–H groups in total. The van der Waals surface area contributed by atoms with Gasteiger partial charge in [-0.25, -0.2) is 9.18 Å². The maximum absolute atomic E-state index is 13.6. The molecule has 0 atom stereocenters. The van der Waals surface area contributed by atoms with Gasteiger partial charge in [0.1, 0.15) is 5.82 Å². The summed E-state index contributed by atoms with van der Waals surface area (Å²) in [5.74, 6) is -0.324. The first-order valence-electron chi connectivity index (χ1n) is 9.94. The van der Waals surface area contributed by atoms with Gasteiger partial charge in [0.2, 0.25) is 0 Å². The number of amides is 2. The predicted octanol–water partition coefficient (Wildman–Crippen LogP) is 3.73. The zero-order valence-electron chi connectivity index (χ0n) is 16.1. The Bertz CT molecular complexity index is 1060. The van der Waals surface area contributed by atoms with Gasteiger partial charge in [0.15, 0.2) is 0 Å². The minimum Gasteiger partial charge on any atom is -0.378 e. The summed E-state index contributed by atoms with van der Waals surface area (Å²) in [5.41, 5.74) is 5.09. The lowest BCUT2D eigenvalue weighted by Crippen LogP contribution is -2.39. The highest BCUT2D eigenvalue weighted by molar-refractivity contribution is 6.01. The fourth-order valence-electron chi connectivity index (χ4n) is 4.12. The second kappa shape index (κ2) is 7.40. The summed E-state index contributed by atoms with van der Waals surface area (Å²) in [6.45, 7) is 4.59. The number of rotatable bonds is 2. The smallest absolute Gasteiger partial charge is 0.322 e. The number of aromatic nitrogens is 1. The summed E-state index contributed by atoms with van der Waals surface area (Å²) in [6, 6.07) is 10.8. The van der Waals surface area contributed by atoms with Crippen molar-refractivity contribution in [3.63, 3.8) is 0 Å². The Morgan fingerprint density at radius 3 is 2.79 bits per heavy atom. The number of H-pyrrole nitrogens is 1. The van der Waals surface area contributed by atoms with E-state index in [-0.39, 0.29) is 11.8 Å². The largest absolute Gasteiger partial charge is 0.378 e. The molecule has 3 heterocycles. The van der Waals surface area contributed by atoms with Gasteiger partial charge in [0, 0.05) is 49.0 Å². The normalized spacial score (nSPS) is 16.7. The molecular formula is C22H23FN4O2. The van der Waals surface area contributed by atoms with E-state index in [1.165, 1.54) is 28.9 Å². The van der Waals surface area contributed by atoms with Crippen LogP contribution in [0.3, 0.4) is 0 Å². The Morgan fingerprint density at radius 1 is 1.07 bits per heavy atom. The van der Waals surface area contributed by atoms with Gasteiger partial charge in [-0.2, -0.15) is 0 Å². The molecule has 150 valence electrons. The molecule has 0 unspecified atom stereocenters. The van der Waals surface area contributed by atoms with Crippen LogP contribution < -0.4 is 10.2 Å². The van der Waals surface area contributed by atoms with Crippen molar-refractivity contribution >= 4 is 28.3 Å². The van der Waals surface area contributed by atoms with Crippen molar-refractivity contribution in [2.45, 2.75) is 13.0 Å². The third kappa shape index (κ3) is 3.53. The van der Waals surface area contributed by atoms with Crippen LogP contribution in [-0.4, -0.2) is 48.8 Å². The second-order valence-electron chi connectivity index (χ2n) is 7.55. The molecule has 0 bridgehead atoms. The molecule has 1 aromatic heterocycles. The number of ether oxygens (including phenoxy) is 1. The second-order valence-corrected chi connectivity index (χ2v) is 7.55. The molecule has 0 saturated carbocycles. The van der Waals surface area contributed by atoms with Crippen molar-refractivity contribution in [3.05, 3.63) is 59.5 Å². The molecule has 2 amide bonds. The van der Waals surface area contributed by atoms with E-state index in [1.807, 2.05) is 0 Å². The Hall–Kier alpha value is -3.06. The quantitative estimate of drug-likeness (QED) is 0.696. The van der Waals surface area contributed by atoms with E-state index in [1.54, 1.807) is 17.2 Å². The van der Waals surface area contributed by atoms with E-state index in [4.69, 9.17) is 4.74 Å². The number of fused-ring (bicyclic) bond motifs is 2. The molecule has 2 aliphatic rings. The van der Waals surface area contributed by atoms with Gasteiger partial charge >= 0.3 is 6.03 Å². The fraction of sp³-hybridized carbons (Fsp3) is 0.318. The number of nitrogens with zero attached hydrogens (tertiary/aromatic N) is 2. The molecule has 29 heavy (non-hydrogen) atoms. The molecule has 0 radical (unpaired) electrons. The number of morpholine rings is 1. The summed E-state index contributed by atoms with van der Waals surface area (Å²) in [6.07, 6.45) is 2.53. The van der Waals surface area contributed by atoms with Gasteiger partial charge < -0.3 is 24.8 Å². The highest BCUT2D eigenvalue weighted by Gasteiger charge is 2.23. The van der Waals surface area contributed by atoms with Gasteiger partial charge in [-0.3, -0.25) is 0 Å². The van der Waals surface area contributed by atoms with E-state index in [9.17, 15) is 9.18 Å². The van der Waals surface area contributed by atoms with Crippen LogP contribution in [0.25, 0.3) is 10.9 Å². The zero-order valence-corrected chi connectivity index (χ0v) is 16.1. The zero-order chi connectivity index (χ0) is 19.8. The molecule has 7 heteroatoms. The average molecular weight is 394 g/mol. The number of benzene rings is 2. The Balaban J connectivity index is 1.30. The molecule has 3 aromatic rings. The highest BCUT2D eigenvalue weighted by atomic mass is 19.1. The van der Waals surface area contributed by atoms with Crippen LogP contribution >= 0.6 is 0 Å². The van der Waals surface area contributed by atoms with E-state index in [0.717, 1.165) is 38.2 Å². The van der Waals surface area contributed by atoms with Crippen LogP contribution in [0, 0.1) is 5.82 Å². The van der Waals surface area contributed by atoms with Crippen LogP contribution in [0.1, 0.15) is 11.1 Å². The van der Waals surface area contributed by atoms with E-state index in [2.05, 4.69) is 33.4 Å². The van der Waals surface area contributed by atoms with Crippen molar-refractivity contribution in [2.75, 3.05) is 43.1 Å². The minimum absolute atomic E-state index is 0.168. The Kier molecular flexibility index (Phi) is 4.60. The first-order valence-corrected chi connectivity index (χ1v) is 9.94. The first-order chi connectivity index (χ1) is 14.2. The fourth-order valence-corrected chi connectivity index (χ4v) is 4.12. The maximum Gasteiger partial charge on any atom is 0.322 e. The first kappa shape index (κ1) is 18.0. The van der Waals surface area contributed by atoms with Gasteiger partial charge in [0.05, 0.1) is 18.9 Å². The van der Waals surface area contributed by atoms with Crippen molar-refractivity contribution in [3.8, 4) is 0 Å². The Labute approximate surface area is 168 Å². The molecule has 0 aliphatic carbocycles. The van der Waals surface area contributed by atoms with Crippen LogP contribution in [0.4, 0.5) is 20.6 Å². The van der Waals surface area contributed by atoms with E-state index >= 15 is 0 Å². The van der Waals surface area contributed by atoms with E-state index < -0.39 is 0 Å². The maximum atomic E-state index is 13.6. The average Bonchev–Trinajstić information content (AvgIpc) is 3.15. The molecule has 0 spiro atoms. The summed E-state index contributed by atoms with van der Waals surface area (Å²) in [5, 5.41) is 3.59. The van der Waals surface area contributed by atoms with Gasteiger partial charge in [-0.05, 0) is 47.9 Å². The number of aromatic amines is 1. The van der Waals surface area contributed by atoms with Crippen molar-refractivity contribution < 1.29 is 13.9 Å². The van der Waals surface area contributed by atoms with Crippen molar-refractivity contribution in [1.29, 1.82) is 0 Å². The predicted molar refractivity (Wildman–Crippen MR) is 111 cm³/mol. The monoisotopic (exact) mass is 394 g/mol. The number of carbonyl (C=O) groups is 1. The summed E-state index contributed by atoms with van der Waals surface area (Å²) < 4.78 is 19.0. The van der Waals surface area contributed by atoms with E-state index in [0.29, 0.717) is 24.2 Å². The van der Waals surface area contributed by atoms with Crippen LogP contribution in [0.15, 0.2) is 42.6 Å². The highest BCUT2D eigenvalue weighted by Crippen LogP contribution is 2.27. The summed E-state index contributed by atoms with van der Waals surface area (Å²) in [7, 11) is 0. The standard InChI is InChI=1S/C22H23FN4O2/c23-17-2-4-20-19(12-17)21(13-24-20)25-22(28)27-6-5-15-11-18(3-1-16(15)14-27)26-7-9-29-10-8-26/h1-4,11-13,24H,5-10,14H2,(H,25,28). The van der Waals surface area contributed by atoms with Gasteiger partial charge in [-0.15, -0.1) is 0 Å². The lowest BCUT2D eigenvalue weighted by atomic mass is 9.99. The lowest BCUT2D eigenvalue weighted by Gasteiger charge is -2.32. The van der Waals surface area contributed by atoms with Crippen LogP contribution in [0.5, 0.6) is 0 Å². The van der Waals surface area contributed by atoms with Crippen LogP contribution in [0.2, 0.25) is 0 Å². The summed E-state index contributed by atoms with van der Waals surface area (Å²) in [4.78, 5) is 20.0. The molecule has 5 rings (SSSR count). The minimum atomic E-state index is -0.324. The number of hydrogen-bond acceptors (Lipinski definition) is 3. The molecule has 2 aromatic carbocycles. The van der Waals surface area contributed by atoms with Crippen molar-refractivity contribution in [1.82, 2.24) is 9.88 Å². The summed E-state index contributed by atoms with van der Waals surface area (Å²) >= 11 is 0. The number of urea groups is 1. The molecule has 2 aliphatic heterocycles. The SMILES string of the molecule is O=C(Nc1c[nH]c2ccc(F)cc12)N1CCc2cc(N3CCOCC3)ccc2C1. The Morgan fingerprint density at radius 2 is 1.93 bits per heavy atom. The third-order valence-electron chi connectivity index (χ3n) is 5.75. The third-order valence-corrected chi connectivity index (χ3v) is 5.75. The van der Waals surface area contributed by atoms with Crippen LogP contribution in [-0.2, 0) is 17.7 Å². The van der Waals surface area contributed by atoms with Gasteiger partial charge in [0.25, 0.3) is 0 Å². The number of nitrogens with one attached hydrogen (secondary N) is 2. The topological polar surface area (TPSA) is 60.6 Å². The number of carbonyl (C=O) groups excluding carboxylic acids is 1. The molecule has 1 saturated heterocycles. The number of hydrogen-bond donors (Lipinski definition) is 2. The molecular weight excluding hydrogens is 371 g/mol. The molecule has 6 nitrogen and oxygen atoms in total. The lowest BCUT2D eigenvalue weighted by molar-refractivity contribution is 0.122.